The smallest absolute Gasteiger partial charge is 0.191 e. The van der Waals surface area contributed by atoms with E-state index in [-0.39, 0.29) is 24.0 Å². The van der Waals surface area contributed by atoms with Crippen molar-refractivity contribution in [3.63, 3.8) is 0 Å². The summed E-state index contributed by atoms with van der Waals surface area (Å²) in [5.74, 6) is 1.90. The zero-order valence-corrected chi connectivity index (χ0v) is 19.0. The molecule has 1 heterocycles. The molecule has 2 N–H and O–H groups in total. The van der Waals surface area contributed by atoms with Gasteiger partial charge in [-0.3, -0.25) is 4.99 Å². The Morgan fingerprint density at radius 1 is 1.20 bits per heavy atom. The highest BCUT2D eigenvalue weighted by molar-refractivity contribution is 14.0. The number of aryl methyl sites for hydroxylation is 2. The van der Waals surface area contributed by atoms with Gasteiger partial charge in [-0.05, 0) is 32.9 Å². The van der Waals surface area contributed by atoms with Crippen LogP contribution in [0.4, 0.5) is 0 Å². The maximum atomic E-state index is 4.64. The molecule has 0 fully saturated rings. The zero-order valence-electron chi connectivity index (χ0n) is 15.0. The molecule has 0 aliphatic rings. The van der Waals surface area contributed by atoms with Gasteiger partial charge in [0.15, 0.2) is 5.96 Å². The number of rotatable bonds is 8. The van der Waals surface area contributed by atoms with Gasteiger partial charge in [-0.1, -0.05) is 18.2 Å². The molecule has 7 heteroatoms. The molecule has 4 nitrogen and oxygen atoms in total. The fourth-order valence-electron chi connectivity index (χ4n) is 2.11. The largest absolute Gasteiger partial charge is 0.357 e. The minimum atomic E-state index is 0. The molecule has 0 radical (unpaired) electrons. The van der Waals surface area contributed by atoms with Crippen molar-refractivity contribution >= 4 is 53.0 Å². The van der Waals surface area contributed by atoms with E-state index < -0.39 is 0 Å². The molecule has 0 spiro atoms. The molecule has 0 atom stereocenters. The summed E-state index contributed by atoms with van der Waals surface area (Å²) < 4.78 is 0. The van der Waals surface area contributed by atoms with Crippen molar-refractivity contribution in [2.75, 3.05) is 25.4 Å². The highest BCUT2D eigenvalue weighted by Crippen LogP contribution is 2.17. The van der Waals surface area contributed by atoms with E-state index in [0.29, 0.717) is 0 Å². The molecule has 0 saturated carbocycles. The molecule has 0 unspecified atom stereocenters. The standard InChI is InChI=1S/C18H26N4S2.HI/c1-4-19-18(20-11-10-17-22-14(2)15(3)24-17)21-12-13-23-16-8-6-5-7-9-16;/h5-9H,4,10-13H2,1-3H3,(H2,19,20,21);1H. The predicted octanol–water partition coefficient (Wildman–Crippen LogP) is 4.27. The molecule has 2 rings (SSSR count). The van der Waals surface area contributed by atoms with Crippen LogP contribution in [0.25, 0.3) is 0 Å². The van der Waals surface area contributed by atoms with Crippen LogP contribution in [0.2, 0.25) is 0 Å². The van der Waals surface area contributed by atoms with Crippen molar-refractivity contribution in [1.82, 2.24) is 15.6 Å². The monoisotopic (exact) mass is 490 g/mol. The number of benzene rings is 1. The van der Waals surface area contributed by atoms with Gasteiger partial charge in [-0.15, -0.1) is 47.1 Å². The summed E-state index contributed by atoms with van der Waals surface area (Å²) in [4.78, 5) is 11.8. The van der Waals surface area contributed by atoms with Gasteiger partial charge < -0.3 is 10.6 Å². The van der Waals surface area contributed by atoms with Crippen LogP contribution in [0, 0.1) is 13.8 Å². The summed E-state index contributed by atoms with van der Waals surface area (Å²) in [6.45, 7) is 8.79. The van der Waals surface area contributed by atoms with Gasteiger partial charge >= 0.3 is 0 Å². The Morgan fingerprint density at radius 3 is 2.60 bits per heavy atom. The molecule has 1 aromatic carbocycles. The van der Waals surface area contributed by atoms with Gasteiger partial charge in [0.2, 0.25) is 0 Å². The van der Waals surface area contributed by atoms with E-state index in [4.69, 9.17) is 0 Å². The van der Waals surface area contributed by atoms with Gasteiger partial charge in [0.25, 0.3) is 0 Å². The molecule has 0 amide bonds. The van der Waals surface area contributed by atoms with Crippen LogP contribution < -0.4 is 10.6 Å². The molecule has 2 aromatic rings. The molecular weight excluding hydrogens is 463 g/mol. The number of nitrogens with one attached hydrogen (secondary N) is 2. The van der Waals surface area contributed by atoms with E-state index in [1.165, 1.54) is 14.8 Å². The lowest BCUT2D eigenvalue weighted by Gasteiger charge is -2.11. The normalized spacial score (nSPS) is 11.1. The van der Waals surface area contributed by atoms with Gasteiger partial charge in [-0.2, -0.15) is 0 Å². The van der Waals surface area contributed by atoms with Crippen LogP contribution >= 0.6 is 47.1 Å². The number of aliphatic imine (C=N–C) groups is 1. The lowest BCUT2D eigenvalue weighted by atomic mass is 10.4. The molecular formula is C18H27IN4S2. The summed E-state index contributed by atoms with van der Waals surface area (Å²) in [6.07, 6.45) is 0.898. The number of thioether (sulfide) groups is 1. The van der Waals surface area contributed by atoms with Crippen LogP contribution in [0.1, 0.15) is 22.5 Å². The van der Waals surface area contributed by atoms with E-state index in [1.807, 2.05) is 17.8 Å². The van der Waals surface area contributed by atoms with Crippen LogP contribution in [0.15, 0.2) is 40.2 Å². The number of nitrogens with zero attached hydrogens (tertiary/aromatic N) is 2. The summed E-state index contributed by atoms with van der Waals surface area (Å²) in [6, 6.07) is 10.5. The Bertz CT molecular complexity index is 624. The first kappa shape index (κ1) is 22.2. The molecule has 0 aliphatic heterocycles. The summed E-state index contributed by atoms with van der Waals surface area (Å²) in [7, 11) is 0. The molecule has 1 aromatic heterocycles. The Hall–Kier alpha value is -0.800. The van der Waals surface area contributed by atoms with Crippen molar-refractivity contribution in [2.24, 2.45) is 4.99 Å². The second-order valence-electron chi connectivity index (χ2n) is 5.35. The molecule has 0 aliphatic carbocycles. The molecule has 0 bridgehead atoms. The number of thiazole rings is 1. The van der Waals surface area contributed by atoms with Crippen LogP contribution in [-0.4, -0.2) is 36.3 Å². The minimum absolute atomic E-state index is 0. The lowest BCUT2D eigenvalue weighted by molar-refractivity contribution is 0.834. The van der Waals surface area contributed by atoms with Gasteiger partial charge in [0.1, 0.15) is 0 Å². The fraction of sp³-hybridized carbons (Fsp3) is 0.444. The third kappa shape index (κ3) is 8.42. The Morgan fingerprint density at radius 2 is 1.96 bits per heavy atom. The molecule has 25 heavy (non-hydrogen) atoms. The SMILES string of the molecule is CCNC(=NCCc1nc(C)c(C)s1)NCCSc1ccccc1.I. The van der Waals surface area contributed by atoms with Crippen LogP contribution in [0.5, 0.6) is 0 Å². The Kier molecular flexibility index (Phi) is 11.2. The van der Waals surface area contributed by atoms with Crippen molar-refractivity contribution in [2.45, 2.75) is 32.1 Å². The Labute approximate surface area is 176 Å². The number of halogens is 1. The maximum absolute atomic E-state index is 4.64. The van der Waals surface area contributed by atoms with Gasteiger partial charge in [0.05, 0.1) is 10.7 Å². The van der Waals surface area contributed by atoms with Crippen LogP contribution in [0.3, 0.4) is 0 Å². The van der Waals surface area contributed by atoms with Crippen molar-refractivity contribution in [3.05, 3.63) is 45.9 Å². The predicted molar refractivity (Wildman–Crippen MR) is 122 cm³/mol. The van der Waals surface area contributed by atoms with E-state index in [9.17, 15) is 0 Å². The third-order valence-electron chi connectivity index (χ3n) is 3.42. The Balaban J connectivity index is 0.00000312. The number of hydrogen-bond acceptors (Lipinski definition) is 4. The second kappa shape index (κ2) is 12.5. The highest BCUT2D eigenvalue weighted by atomic mass is 127. The minimum Gasteiger partial charge on any atom is -0.357 e. The van der Waals surface area contributed by atoms with Crippen LogP contribution in [-0.2, 0) is 6.42 Å². The average molecular weight is 490 g/mol. The first-order valence-electron chi connectivity index (χ1n) is 8.32. The van der Waals surface area contributed by atoms with E-state index in [1.54, 1.807) is 11.3 Å². The summed E-state index contributed by atoms with van der Waals surface area (Å²) >= 11 is 3.63. The fourth-order valence-corrected chi connectivity index (χ4v) is 3.82. The molecule has 138 valence electrons. The number of aromatic nitrogens is 1. The van der Waals surface area contributed by atoms with E-state index in [2.05, 4.69) is 65.6 Å². The average Bonchev–Trinajstić information content (AvgIpc) is 2.90. The number of guanidine groups is 1. The first-order valence-corrected chi connectivity index (χ1v) is 10.1. The number of hydrogen-bond donors (Lipinski definition) is 2. The van der Waals surface area contributed by atoms with E-state index in [0.717, 1.165) is 43.5 Å². The zero-order chi connectivity index (χ0) is 17.2. The maximum Gasteiger partial charge on any atom is 0.191 e. The van der Waals surface area contributed by atoms with Crippen molar-refractivity contribution < 1.29 is 0 Å². The van der Waals surface area contributed by atoms with Crippen molar-refractivity contribution in [3.8, 4) is 0 Å². The van der Waals surface area contributed by atoms with Gasteiger partial charge in [0, 0.05) is 41.6 Å². The summed E-state index contributed by atoms with van der Waals surface area (Å²) in [5, 5.41) is 7.86. The van der Waals surface area contributed by atoms with E-state index >= 15 is 0 Å². The first-order chi connectivity index (χ1) is 11.7. The quantitative estimate of drug-likeness (QED) is 0.191. The van der Waals surface area contributed by atoms with Gasteiger partial charge in [-0.25, -0.2) is 4.98 Å². The summed E-state index contributed by atoms with van der Waals surface area (Å²) in [5.41, 5.74) is 1.14. The topological polar surface area (TPSA) is 49.3 Å². The van der Waals surface area contributed by atoms with Crippen molar-refractivity contribution in [1.29, 1.82) is 0 Å². The second-order valence-corrected chi connectivity index (χ2v) is 7.80. The highest BCUT2D eigenvalue weighted by Gasteiger charge is 2.03. The lowest BCUT2D eigenvalue weighted by Crippen LogP contribution is -2.38. The molecule has 0 saturated heterocycles. The third-order valence-corrected chi connectivity index (χ3v) is 5.57.